The number of anilines is 2. The van der Waals surface area contributed by atoms with Gasteiger partial charge < -0.3 is 10.5 Å². The van der Waals surface area contributed by atoms with E-state index >= 15 is 0 Å². The molecule has 0 atom stereocenters. The molecule has 2 rings (SSSR count). The lowest BCUT2D eigenvalue weighted by Crippen LogP contribution is -2.27. The predicted molar refractivity (Wildman–Crippen MR) is 92.8 cm³/mol. The van der Waals surface area contributed by atoms with Gasteiger partial charge in [0, 0.05) is 23.8 Å². The second-order valence-corrected chi connectivity index (χ2v) is 6.18. The normalized spacial score (nSPS) is 10.3. The van der Waals surface area contributed by atoms with Crippen molar-refractivity contribution in [2.45, 2.75) is 26.4 Å². The summed E-state index contributed by atoms with van der Waals surface area (Å²) in [5.74, 6) is 0. The van der Waals surface area contributed by atoms with Crippen LogP contribution in [-0.4, -0.2) is 21.7 Å². The molecule has 2 aromatic heterocycles. The average Bonchev–Trinajstić information content (AvgIpc) is 2.36. The first kappa shape index (κ1) is 19.0. The molecule has 124 valence electrons. The number of amides is 1. The van der Waals surface area contributed by atoms with E-state index in [-0.39, 0.29) is 0 Å². The van der Waals surface area contributed by atoms with Gasteiger partial charge in [0.1, 0.15) is 15.9 Å². The Bertz CT molecular complexity index is 643. The van der Waals surface area contributed by atoms with Crippen LogP contribution >= 0.6 is 23.2 Å². The van der Waals surface area contributed by atoms with Crippen LogP contribution < -0.4 is 11.1 Å². The third-order valence-electron chi connectivity index (χ3n) is 2.12. The number of carbonyl (C=O) groups excluding carboxylic acids is 1. The second kappa shape index (κ2) is 8.55. The Balaban J connectivity index is 0.000000277. The number of nitrogens with one attached hydrogen (secondary N) is 1. The van der Waals surface area contributed by atoms with Gasteiger partial charge in [0.2, 0.25) is 0 Å². The summed E-state index contributed by atoms with van der Waals surface area (Å²) < 4.78 is 5.07. The Morgan fingerprint density at radius 2 is 1.70 bits per heavy atom. The minimum atomic E-state index is -0.513. The predicted octanol–water partition coefficient (Wildman–Crippen LogP) is 4.40. The second-order valence-electron chi connectivity index (χ2n) is 5.41. The Labute approximate surface area is 145 Å². The molecule has 0 aromatic carbocycles. The van der Waals surface area contributed by atoms with E-state index in [0.29, 0.717) is 21.7 Å². The highest BCUT2D eigenvalue weighted by atomic mass is 35.5. The number of halogens is 2. The van der Waals surface area contributed by atoms with Gasteiger partial charge in [-0.25, -0.2) is 14.8 Å². The number of ether oxygens (including phenoxy) is 1. The van der Waals surface area contributed by atoms with Crippen LogP contribution in [0.4, 0.5) is 16.2 Å². The lowest BCUT2D eigenvalue weighted by atomic mass is 10.2. The topological polar surface area (TPSA) is 90.1 Å². The molecule has 1 amide bonds. The standard InChI is InChI=1S/C10H13ClN2O2.C5H5ClN2/c1-10(2,3)15-9(14)13-7-4-5-12-8(11)6-7;6-5-3-4(7)1-2-8-5/h4-6H,1-3H3,(H,12,13,14);1-3H,(H2,7,8). The van der Waals surface area contributed by atoms with Gasteiger partial charge in [-0.3, -0.25) is 5.32 Å². The SMILES string of the molecule is CC(C)(C)OC(=O)Nc1ccnc(Cl)c1.Nc1ccnc(Cl)c1. The van der Waals surface area contributed by atoms with Crippen LogP contribution in [0.15, 0.2) is 36.7 Å². The highest BCUT2D eigenvalue weighted by Crippen LogP contribution is 2.14. The average molecular weight is 357 g/mol. The maximum atomic E-state index is 11.3. The van der Waals surface area contributed by atoms with Gasteiger partial charge in [-0.1, -0.05) is 23.2 Å². The van der Waals surface area contributed by atoms with Gasteiger partial charge in [-0.15, -0.1) is 0 Å². The maximum Gasteiger partial charge on any atom is 0.412 e. The molecule has 6 nitrogen and oxygen atoms in total. The van der Waals surface area contributed by atoms with E-state index in [1.165, 1.54) is 6.20 Å². The van der Waals surface area contributed by atoms with Crippen molar-refractivity contribution in [3.8, 4) is 0 Å². The van der Waals surface area contributed by atoms with Crippen LogP contribution in [0.25, 0.3) is 0 Å². The molecule has 2 heterocycles. The van der Waals surface area contributed by atoms with Crippen LogP contribution in [0.5, 0.6) is 0 Å². The summed E-state index contributed by atoms with van der Waals surface area (Å²) in [6.45, 7) is 5.39. The lowest BCUT2D eigenvalue weighted by Gasteiger charge is -2.19. The summed E-state index contributed by atoms with van der Waals surface area (Å²) in [5, 5.41) is 3.31. The van der Waals surface area contributed by atoms with E-state index in [2.05, 4.69) is 15.3 Å². The number of nitrogens with two attached hydrogens (primary N) is 1. The van der Waals surface area contributed by atoms with E-state index in [1.54, 1.807) is 51.2 Å². The molecule has 0 saturated heterocycles. The van der Waals surface area contributed by atoms with Crippen molar-refractivity contribution >= 4 is 40.7 Å². The summed E-state index contributed by atoms with van der Waals surface area (Å²) in [6, 6.07) is 6.47. The molecule has 0 unspecified atom stereocenters. The lowest BCUT2D eigenvalue weighted by molar-refractivity contribution is 0.0636. The van der Waals surface area contributed by atoms with Crippen LogP contribution in [0.1, 0.15) is 20.8 Å². The molecule has 0 aliphatic heterocycles. The van der Waals surface area contributed by atoms with Gasteiger partial charge in [-0.2, -0.15) is 0 Å². The zero-order valence-corrected chi connectivity index (χ0v) is 14.5. The van der Waals surface area contributed by atoms with Crippen LogP contribution in [0.3, 0.4) is 0 Å². The Kier molecular flexibility index (Phi) is 7.06. The Morgan fingerprint density at radius 1 is 1.13 bits per heavy atom. The summed E-state index contributed by atoms with van der Waals surface area (Å²) in [7, 11) is 0. The number of aromatic nitrogens is 2. The minimum Gasteiger partial charge on any atom is -0.444 e. The summed E-state index contributed by atoms with van der Waals surface area (Å²) in [6.07, 6.45) is 2.57. The van der Waals surface area contributed by atoms with E-state index < -0.39 is 11.7 Å². The first-order valence-electron chi connectivity index (χ1n) is 6.64. The quantitative estimate of drug-likeness (QED) is 0.739. The number of carbonyl (C=O) groups is 1. The van der Waals surface area contributed by atoms with Crippen molar-refractivity contribution in [3.05, 3.63) is 47.0 Å². The van der Waals surface area contributed by atoms with Crippen molar-refractivity contribution < 1.29 is 9.53 Å². The monoisotopic (exact) mass is 356 g/mol. The van der Waals surface area contributed by atoms with E-state index in [1.807, 2.05) is 0 Å². The molecule has 0 fully saturated rings. The zero-order chi connectivity index (χ0) is 17.5. The molecule has 0 aliphatic rings. The molecule has 3 N–H and O–H groups in total. The van der Waals surface area contributed by atoms with Crippen molar-refractivity contribution in [3.63, 3.8) is 0 Å². The van der Waals surface area contributed by atoms with Crippen LogP contribution in [-0.2, 0) is 4.74 Å². The van der Waals surface area contributed by atoms with Gasteiger partial charge in [0.15, 0.2) is 0 Å². The first-order valence-corrected chi connectivity index (χ1v) is 7.40. The molecular weight excluding hydrogens is 339 g/mol. The molecular formula is C15H18Cl2N4O2. The summed E-state index contributed by atoms with van der Waals surface area (Å²) >= 11 is 11.1. The fraction of sp³-hybridized carbons (Fsp3) is 0.267. The van der Waals surface area contributed by atoms with Crippen LogP contribution in [0, 0.1) is 0 Å². The van der Waals surface area contributed by atoms with Gasteiger partial charge in [0.05, 0.1) is 0 Å². The molecule has 0 saturated carbocycles. The van der Waals surface area contributed by atoms with E-state index in [0.717, 1.165) is 0 Å². The molecule has 0 aliphatic carbocycles. The van der Waals surface area contributed by atoms with Crippen molar-refractivity contribution in [1.29, 1.82) is 0 Å². The van der Waals surface area contributed by atoms with Crippen molar-refractivity contribution in [1.82, 2.24) is 9.97 Å². The summed E-state index contributed by atoms with van der Waals surface area (Å²) in [4.78, 5) is 18.9. The number of rotatable bonds is 1. The fourth-order valence-corrected chi connectivity index (χ4v) is 1.68. The zero-order valence-electron chi connectivity index (χ0n) is 13.0. The van der Waals surface area contributed by atoms with Crippen molar-refractivity contribution in [2.24, 2.45) is 0 Å². The maximum absolute atomic E-state index is 11.3. The van der Waals surface area contributed by atoms with Crippen molar-refractivity contribution in [2.75, 3.05) is 11.1 Å². The number of nitrogens with zero attached hydrogens (tertiary/aromatic N) is 2. The third-order valence-corrected chi connectivity index (χ3v) is 2.54. The van der Waals surface area contributed by atoms with Crippen LogP contribution in [0.2, 0.25) is 10.3 Å². The molecule has 8 heteroatoms. The van der Waals surface area contributed by atoms with Gasteiger partial charge >= 0.3 is 6.09 Å². The molecule has 0 radical (unpaired) electrons. The number of nitrogen functional groups attached to an aromatic ring is 1. The Morgan fingerprint density at radius 3 is 2.13 bits per heavy atom. The fourth-order valence-electron chi connectivity index (χ4n) is 1.32. The van der Waals surface area contributed by atoms with Gasteiger partial charge in [0.25, 0.3) is 0 Å². The van der Waals surface area contributed by atoms with Gasteiger partial charge in [-0.05, 0) is 45.0 Å². The number of hydrogen-bond donors (Lipinski definition) is 2. The highest BCUT2D eigenvalue weighted by molar-refractivity contribution is 6.29. The number of hydrogen-bond acceptors (Lipinski definition) is 5. The first-order chi connectivity index (χ1) is 10.7. The Hall–Kier alpha value is -2.05. The third kappa shape index (κ3) is 8.85. The molecule has 0 bridgehead atoms. The van der Waals surface area contributed by atoms with E-state index in [9.17, 15) is 4.79 Å². The van der Waals surface area contributed by atoms with E-state index in [4.69, 9.17) is 33.7 Å². The minimum absolute atomic E-state index is 0.323. The smallest absolute Gasteiger partial charge is 0.412 e. The highest BCUT2D eigenvalue weighted by Gasteiger charge is 2.16. The molecule has 23 heavy (non-hydrogen) atoms. The number of pyridine rings is 2. The summed E-state index contributed by atoms with van der Waals surface area (Å²) in [5.41, 5.74) is 6.02. The largest absolute Gasteiger partial charge is 0.444 e. The molecule has 2 aromatic rings. The molecule has 0 spiro atoms.